The molecule has 10 atom stereocenters. The van der Waals surface area contributed by atoms with Gasteiger partial charge in [0.15, 0.2) is 11.5 Å². The van der Waals surface area contributed by atoms with E-state index in [0.717, 1.165) is 0 Å². The Balaban J connectivity index is 1.47. The first kappa shape index (κ1) is 30.9. The van der Waals surface area contributed by atoms with Gasteiger partial charge in [0, 0.05) is 6.07 Å². The highest BCUT2D eigenvalue weighted by atomic mass is 16.7. The Bertz CT molecular complexity index is 1190. The van der Waals surface area contributed by atoms with Crippen LogP contribution in [-0.2, 0) is 9.47 Å². The zero-order valence-corrected chi connectivity index (χ0v) is 21.9. The van der Waals surface area contributed by atoms with Crippen LogP contribution < -0.4 is 14.2 Å². The quantitative estimate of drug-likeness (QED) is 0.145. The number of aromatic hydroxyl groups is 1. The molecule has 0 amide bonds. The molecule has 2 saturated heterocycles. The third kappa shape index (κ3) is 6.90. The van der Waals surface area contributed by atoms with Gasteiger partial charge in [0.25, 0.3) is 0 Å². The number of ether oxygens (including phenoxy) is 5. The molecule has 0 radical (unpaired) electrons. The van der Waals surface area contributed by atoms with E-state index in [9.17, 15) is 46.0 Å². The van der Waals surface area contributed by atoms with E-state index in [0.29, 0.717) is 11.1 Å². The summed E-state index contributed by atoms with van der Waals surface area (Å²) in [5.41, 5.74) is 1.10. The summed E-state index contributed by atoms with van der Waals surface area (Å²) in [4.78, 5) is 0. The molecule has 2 aromatic carbocycles. The molecule has 4 rings (SSSR count). The van der Waals surface area contributed by atoms with Crippen LogP contribution in [0.2, 0.25) is 0 Å². The van der Waals surface area contributed by atoms with E-state index in [4.69, 9.17) is 23.7 Å². The number of phenols is 1. The Morgan fingerprint density at radius 3 is 1.78 bits per heavy atom. The lowest BCUT2D eigenvalue weighted by Crippen LogP contribution is -2.60. The largest absolute Gasteiger partial charge is 0.508 e. The van der Waals surface area contributed by atoms with E-state index in [1.165, 1.54) is 31.4 Å². The van der Waals surface area contributed by atoms with E-state index >= 15 is 0 Å². The van der Waals surface area contributed by atoms with Gasteiger partial charge in [-0.05, 0) is 35.4 Å². The minimum atomic E-state index is -1.62. The summed E-state index contributed by atoms with van der Waals surface area (Å²) in [5.74, 6) is 0.302. The predicted octanol–water partition coefficient (Wildman–Crippen LogP) is -2.07. The minimum Gasteiger partial charge on any atom is -0.508 e. The van der Waals surface area contributed by atoms with E-state index in [1.54, 1.807) is 24.3 Å². The van der Waals surface area contributed by atoms with Crippen LogP contribution in [0.25, 0.3) is 12.2 Å². The maximum Gasteiger partial charge on any atom is 0.229 e. The lowest BCUT2D eigenvalue weighted by atomic mass is 9.99. The van der Waals surface area contributed by atoms with Gasteiger partial charge in [0.05, 0.1) is 20.3 Å². The molecule has 2 aliphatic rings. The number of benzene rings is 2. The van der Waals surface area contributed by atoms with Crippen LogP contribution in [0.3, 0.4) is 0 Å². The summed E-state index contributed by atoms with van der Waals surface area (Å²) in [5, 5.41) is 89.2. The van der Waals surface area contributed by atoms with Gasteiger partial charge in [-0.2, -0.15) is 0 Å². The molecule has 14 heteroatoms. The number of rotatable bonds is 9. The first-order valence-electron chi connectivity index (χ1n) is 12.7. The van der Waals surface area contributed by atoms with Crippen molar-refractivity contribution in [2.24, 2.45) is 0 Å². The van der Waals surface area contributed by atoms with Crippen molar-refractivity contribution in [1.82, 2.24) is 0 Å². The van der Waals surface area contributed by atoms with Gasteiger partial charge in [0.1, 0.15) is 60.3 Å². The molecule has 0 saturated carbocycles. The third-order valence-corrected chi connectivity index (χ3v) is 6.76. The van der Waals surface area contributed by atoms with Crippen molar-refractivity contribution in [1.29, 1.82) is 0 Å². The van der Waals surface area contributed by atoms with Crippen LogP contribution in [0.15, 0.2) is 36.4 Å². The van der Waals surface area contributed by atoms with Crippen LogP contribution in [0.1, 0.15) is 11.1 Å². The predicted molar refractivity (Wildman–Crippen MR) is 139 cm³/mol. The first-order valence-corrected chi connectivity index (χ1v) is 12.7. The molecule has 2 aromatic rings. The maximum atomic E-state index is 10.2. The van der Waals surface area contributed by atoms with Crippen LogP contribution in [0, 0.1) is 0 Å². The van der Waals surface area contributed by atoms with E-state index < -0.39 is 74.6 Å². The molecule has 0 bridgehead atoms. The monoisotopic (exact) mass is 582 g/mol. The average Bonchev–Trinajstić information content (AvgIpc) is 2.96. The topological polar surface area (TPSA) is 228 Å². The van der Waals surface area contributed by atoms with Gasteiger partial charge in [-0.1, -0.05) is 18.2 Å². The fourth-order valence-electron chi connectivity index (χ4n) is 4.44. The fourth-order valence-corrected chi connectivity index (χ4v) is 4.44. The highest BCUT2D eigenvalue weighted by molar-refractivity contribution is 5.72. The Morgan fingerprint density at radius 2 is 1.22 bits per heavy atom. The minimum absolute atomic E-state index is 0.0786. The standard InChI is InChI=1S/C27H34O14/c1-37-17-8-12(4-5-16(17)39-27-25(36)23(34)21(32)19(11-29)41-27)2-3-13-6-14(30)9-15(7-13)38-26-24(35)22(33)20(31)18(10-28)40-26/h2-9,18-36H,10-11H2,1H3/t18-,19-,20-,21-,22+,23+,24-,25-,26-,27-/m1/s1. The fraction of sp³-hybridized carbons (Fsp3) is 0.481. The van der Waals surface area contributed by atoms with Gasteiger partial charge >= 0.3 is 0 Å². The Hall–Kier alpha value is -3.02. The molecule has 2 fully saturated rings. The van der Waals surface area contributed by atoms with Crippen molar-refractivity contribution in [2.45, 2.75) is 61.4 Å². The average molecular weight is 583 g/mol. The van der Waals surface area contributed by atoms with Crippen LogP contribution in [0.5, 0.6) is 23.0 Å². The molecule has 0 aromatic heterocycles. The molecule has 14 nitrogen and oxygen atoms in total. The van der Waals surface area contributed by atoms with Crippen LogP contribution in [0.4, 0.5) is 0 Å². The van der Waals surface area contributed by atoms with Gasteiger partial charge in [0.2, 0.25) is 12.6 Å². The van der Waals surface area contributed by atoms with Gasteiger partial charge in [-0.3, -0.25) is 0 Å². The second-order valence-electron chi connectivity index (χ2n) is 9.63. The number of hydrogen-bond acceptors (Lipinski definition) is 14. The number of methoxy groups -OCH3 is 1. The van der Waals surface area contributed by atoms with Crippen molar-refractivity contribution in [3.05, 3.63) is 47.5 Å². The second-order valence-corrected chi connectivity index (χ2v) is 9.63. The van der Waals surface area contributed by atoms with Crippen LogP contribution >= 0.6 is 0 Å². The van der Waals surface area contributed by atoms with Crippen molar-refractivity contribution in [3.8, 4) is 23.0 Å². The summed E-state index contributed by atoms with van der Waals surface area (Å²) >= 11 is 0. The highest BCUT2D eigenvalue weighted by Gasteiger charge is 2.46. The van der Waals surface area contributed by atoms with E-state index in [-0.39, 0.29) is 23.0 Å². The molecular formula is C27H34O14. The molecule has 2 heterocycles. The molecule has 9 N–H and O–H groups in total. The van der Waals surface area contributed by atoms with Gasteiger partial charge < -0.3 is 69.6 Å². The van der Waals surface area contributed by atoms with Crippen molar-refractivity contribution >= 4 is 12.2 Å². The molecule has 2 aliphatic heterocycles. The Kier molecular flexibility index (Phi) is 10.0. The first-order chi connectivity index (χ1) is 19.6. The zero-order chi connectivity index (χ0) is 29.8. The zero-order valence-electron chi connectivity index (χ0n) is 21.9. The Labute approximate surface area is 234 Å². The van der Waals surface area contributed by atoms with Crippen LogP contribution in [-0.4, -0.2) is 128 Å². The molecule has 0 spiro atoms. The van der Waals surface area contributed by atoms with E-state index in [2.05, 4.69) is 0 Å². The van der Waals surface area contributed by atoms with Gasteiger partial charge in [-0.15, -0.1) is 0 Å². The third-order valence-electron chi connectivity index (χ3n) is 6.76. The summed E-state index contributed by atoms with van der Waals surface area (Å²) in [6.45, 7) is -1.22. The summed E-state index contributed by atoms with van der Waals surface area (Å²) in [7, 11) is 1.39. The lowest BCUT2D eigenvalue weighted by molar-refractivity contribution is -0.277. The van der Waals surface area contributed by atoms with Crippen molar-refractivity contribution < 1.29 is 69.6 Å². The summed E-state index contributed by atoms with van der Waals surface area (Å²) < 4.78 is 27.3. The highest BCUT2D eigenvalue weighted by Crippen LogP contribution is 2.33. The van der Waals surface area contributed by atoms with Crippen molar-refractivity contribution in [3.63, 3.8) is 0 Å². The number of aliphatic hydroxyl groups excluding tert-OH is 8. The number of phenolic OH excluding ortho intramolecular Hbond substituents is 1. The normalized spacial score (nSPS) is 34.0. The van der Waals surface area contributed by atoms with Crippen molar-refractivity contribution in [2.75, 3.05) is 20.3 Å². The summed E-state index contributed by atoms with van der Waals surface area (Å²) in [6.07, 6.45) is -11.3. The Morgan fingerprint density at radius 1 is 0.659 bits per heavy atom. The molecule has 0 aliphatic carbocycles. The van der Waals surface area contributed by atoms with E-state index in [1.807, 2.05) is 0 Å². The molecule has 0 unspecified atom stereocenters. The maximum absolute atomic E-state index is 10.2. The molecule has 226 valence electrons. The molecule has 41 heavy (non-hydrogen) atoms. The molecular weight excluding hydrogens is 548 g/mol. The number of aliphatic hydroxyl groups is 8. The van der Waals surface area contributed by atoms with Gasteiger partial charge in [-0.25, -0.2) is 0 Å². The second kappa shape index (κ2) is 13.3. The SMILES string of the molecule is COc1cc(C=Cc2cc(O)cc(O[C@@H]3O[C@H](CO)[C@@H](O)[C@H](O)[C@H]3O)c2)ccc1O[C@@H]1O[C@H](CO)[C@@H](O)[C@H](O)[C@H]1O. The lowest BCUT2D eigenvalue weighted by Gasteiger charge is -2.39. The number of hydrogen-bond donors (Lipinski definition) is 9. The smallest absolute Gasteiger partial charge is 0.229 e. The summed E-state index contributed by atoms with van der Waals surface area (Å²) in [6, 6.07) is 8.98.